The van der Waals surface area contributed by atoms with Crippen molar-refractivity contribution >= 4 is 0 Å². The summed E-state index contributed by atoms with van der Waals surface area (Å²) in [4.78, 5) is 0. The van der Waals surface area contributed by atoms with Crippen molar-refractivity contribution < 1.29 is 5.11 Å². The van der Waals surface area contributed by atoms with Crippen LogP contribution in [0.2, 0.25) is 0 Å². The molecule has 0 aromatic carbocycles. The molecule has 0 radical (unpaired) electrons. The first kappa shape index (κ1) is 8.55. The van der Waals surface area contributed by atoms with Crippen LogP contribution in [0.15, 0.2) is 0 Å². The fourth-order valence-electron chi connectivity index (χ4n) is 2.38. The Kier molecular flexibility index (Phi) is 1.76. The minimum atomic E-state index is 0.0363. The van der Waals surface area contributed by atoms with Crippen LogP contribution in [-0.4, -0.2) is 11.2 Å². The van der Waals surface area contributed by atoms with Crippen LogP contribution in [-0.2, 0) is 0 Å². The van der Waals surface area contributed by atoms with Gasteiger partial charge in [-0.05, 0) is 42.4 Å². The highest BCUT2D eigenvalue weighted by Gasteiger charge is 2.52. The third kappa shape index (κ3) is 1.52. The lowest BCUT2D eigenvalue weighted by Crippen LogP contribution is -2.18. The van der Waals surface area contributed by atoms with E-state index in [2.05, 4.69) is 20.8 Å². The topological polar surface area (TPSA) is 20.2 Å². The van der Waals surface area contributed by atoms with Crippen LogP contribution in [0.4, 0.5) is 0 Å². The first-order chi connectivity index (χ1) is 5.50. The molecule has 2 aliphatic rings. The Morgan fingerprint density at radius 2 is 1.83 bits per heavy atom. The summed E-state index contributed by atoms with van der Waals surface area (Å²) in [5.74, 6) is 2.09. The molecule has 0 aromatic rings. The highest BCUT2D eigenvalue weighted by Crippen LogP contribution is 2.55. The van der Waals surface area contributed by atoms with Gasteiger partial charge in [0.25, 0.3) is 0 Å². The summed E-state index contributed by atoms with van der Waals surface area (Å²) in [6, 6.07) is 0. The van der Waals surface area contributed by atoms with Gasteiger partial charge in [0.2, 0.25) is 0 Å². The minimum absolute atomic E-state index is 0.0363. The Morgan fingerprint density at radius 3 is 2.17 bits per heavy atom. The third-order valence-corrected chi connectivity index (χ3v) is 3.50. The summed E-state index contributed by atoms with van der Waals surface area (Å²) >= 11 is 0. The predicted molar refractivity (Wildman–Crippen MR) is 49.8 cm³/mol. The molecule has 2 rings (SSSR count). The lowest BCUT2D eigenvalue weighted by molar-refractivity contribution is 0.111. The molecule has 2 aliphatic carbocycles. The summed E-state index contributed by atoms with van der Waals surface area (Å²) in [6.07, 6.45) is 3.85. The van der Waals surface area contributed by atoms with Gasteiger partial charge < -0.3 is 5.11 Å². The highest BCUT2D eigenvalue weighted by molar-refractivity contribution is 5.01. The molecule has 0 amide bonds. The van der Waals surface area contributed by atoms with E-state index in [1.165, 1.54) is 19.3 Å². The monoisotopic (exact) mass is 168 g/mol. The second-order valence-corrected chi connectivity index (χ2v) is 5.70. The first-order valence-electron chi connectivity index (χ1n) is 5.18. The molecule has 0 bridgehead atoms. The maximum absolute atomic E-state index is 9.86. The lowest BCUT2D eigenvalue weighted by atomic mass is 9.87. The summed E-state index contributed by atoms with van der Waals surface area (Å²) < 4.78 is 0. The standard InChI is InChI=1S/C11H20O/c1-11(2,3)9-6-8(9)10(12)7-4-5-7/h7-10,12H,4-6H2,1-3H3. The normalized spacial score (nSPS) is 38.0. The largest absolute Gasteiger partial charge is 0.393 e. The highest BCUT2D eigenvalue weighted by atomic mass is 16.3. The van der Waals surface area contributed by atoms with E-state index in [0.717, 1.165) is 5.92 Å². The number of rotatable bonds is 2. The maximum Gasteiger partial charge on any atom is 0.0599 e. The van der Waals surface area contributed by atoms with Crippen molar-refractivity contribution in [3.8, 4) is 0 Å². The van der Waals surface area contributed by atoms with Gasteiger partial charge in [-0.3, -0.25) is 0 Å². The summed E-state index contributed by atoms with van der Waals surface area (Å²) in [6.45, 7) is 6.87. The molecular formula is C11H20O. The molecule has 70 valence electrons. The van der Waals surface area contributed by atoms with Gasteiger partial charge >= 0.3 is 0 Å². The minimum Gasteiger partial charge on any atom is -0.393 e. The summed E-state index contributed by atoms with van der Waals surface area (Å²) in [7, 11) is 0. The molecule has 1 N–H and O–H groups in total. The molecule has 0 aromatic heterocycles. The fourth-order valence-corrected chi connectivity index (χ4v) is 2.38. The number of aliphatic hydroxyl groups excluding tert-OH is 1. The van der Waals surface area contributed by atoms with E-state index in [1.807, 2.05) is 0 Å². The molecule has 0 spiro atoms. The van der Waals surface area contributed by atoms with Gasteiger partial charge in [-0.25, -0.2) is 0 Å². The van der Waals surface area contributed by atoms with E-state index in [-0.39, 0.29) is 6.10 Å². The van der Waals surface area contributed by atoms with Crippen LogP contribution in [0, 0.1) is 23.2 Å². The SMILES string of the molecule is CC(C)(C)C1CC1C(O)C1CC1. The maximum atomic E-state index is 9.86. The van der Waals surface area contributed by atoms with Gasteiger partial charge in [-0.2, -0.15) is 0 Å². The van der Waals surface area contributed by atoms with Gasteiger partial charge in [0.1, 0.15) is 0 Å². The van der Waals surface area contributed by atoms with Crippen LogP contribution in [0.25, 0.3) is 0 Å². The molecule has 0 saturated heterocycles. The lowest BCUT2D eigenvalue weighted by Gasteiger charge is -2.19. The third-order valence-electron chi connectivity index (χ3n) is 3.50. The molecule has 3 atom stereocenters. The number of hydrogen-bond donors (Lipinski definition) is 1. The van der Waals surface area contributed by atoms with Gasteiger partial charge in [0.15, 0.2) is 0 Å². The molecule has 1 heteroatoms. The Balaban J connectivity index is 1.86. The number of aliphatic hydroxyl groups is 1. The zero-order chi connectivity index (χ0) is 8.93. The fraction of sp³-hybridized carbons (Fsp3) is 1.00. The van der Waals surface area contributed by atoms with Gasteiger partial charge in [0.05, 0.1) is 6.10 Å². The second-order valence-electron chi connectivity index (χ2n) is 5.70. The van der Waals surface area contributed by atoms with E-state index in [9.17, 15) is 5.11 Å². The molecule has 12 heavy (non-hydrogen) atoms. The van der Waals surface area contributed by atoms with Crippen molar-refractivity contribution in [1.29, 1.82) is 0 Å². The van der Waals surface area contributed by atoms with E-state index in [4.69, 9.17) is 0 Å². The second kappa shape index (κ2) is 2.47. The Morgan fingerprint density at radius 1 is 1.25 bits per heavy atom. The van der Waals surface area contributed by atoms with E-state index < -0.39 is 0 Å². The molecule has 3 unspecified atom stereocenters. The Bertz CT molecular complexity index is 176. The molecule has 1 nitrogen and oxygen atoms in total. The summed E-state index contributed by atoms with van der Waals surface area (Å²) in [5, 5.41) is 9.86. The van der Waals surface area contributed by atoms with Crippen LogP contribution < -0.4 is 0 Å². The summed E-state index contributed by atoms with van der Waals surface area (Å²) in [5.41, 5.74) is 0.417. The van der Waals surface area contributed by atoms with E-state index >= 15 is 0 Å². The average molecular weight is 168 g/mol. The van der Waals surface area contributed by atoms with Gasteiger partial charge in [0, 0.05) is 0 Å². The van der Waals surface area contributed by atoms with Crippen molar-refractivity contribution in [3.05, 3.63) is 0 Å². The Labute approximate surface area is 75.2 Å². The average Bonchev–Trinajstić information content (AvgIpc) is 2.81. The predicted octanol–water partition coefficient (Wildman–Crippen LogP) is 2.44. The van der Waals surface area contributed by atoms with Crippen molar-refractivity contribution in [2.24, 2.45) is 23.2 Å². The number of hydrogen-bond acceptors (Lipinski definition) is 1. The zero-order valence-electron chi connectivity index (χ0n) is 8.38. The Hall–Kier alpha value is -0.0400. The molecular weight excluding hydrogens is 148 g/mol. The smallest absolute Gasteiger partial charge is 0.0599 e. The van der Waals surface area contributed by atoms with E-state index in [0.29, 0.717) is 17.3 Å². The zero-order valence-corrected chi connectivity index (χ0v) is 8.38. The van der Waals surface area contributed by atoms with Crippen LogP contribution >= 0.6 is 0 Å². The molecule has 2 fully saturated rings. The van der Waals surface area contributed by atoms with Crippen molar-refractivity contribution in [2.75, 3.05) is 0 Å². The van der Waals surface area contributed by atoms with Crippen LogP contribution in [0.1, 0.15) is 40.0 Å². The van der Waals surface area contributed by atoms with Crippen LogP contribution in [0.5, 0.6) is 0 Å². The first-order valence-corrected chi connectivity index (χ1v) is 5.18. The van der Waals surface area contributed by atoms with E-state index in [1.54, 1.807) is 0 Å². The van der Waals surface area contributed by atoms with Crippen molar-refractivity contribution in [1.82, 2.24) is 0 Å². The van der Waals surface area contributed by atoms with Gasteiger partial charge in [-0.1, -0.05) is 20.8 Å². The van der Waals surface area contributed by atoms with Crippen molar-refractivity contribution in [3.63, 3.8) is 0 Å². The quantitative estimate of drug-likeness (QED) is 0.671. The molecule has 0 aliphatic heterocycles. The van der Waals surface area contributed by atoms with Crippen LogP contribution in [0.3, 0.4) is 0 Å². The molecule has 2 saturated carbocycles. The molecule has 0 heterocycles. The van der Waals surface area contributed by atoms with Crippen molar-refractivity contribution in [2.45, 2.75) is 46.1 Å². The van der Waals surface area contributed by atoms with Gasteiger partial charge in [-0.15, -0.1) is 0 Å².